The normalized spacial score (nSPS) is 20.1. The molecule has 146 valence electrons. The number of rotatable bonds is 6. The van der Waals surface area contributed by atoms with Crippen molar-refractivity contribution >= 4 is 11.6 Å². The quantitative estimate of drug-likeness (QED) is 0.764. The van der Waals surface area contributed by atoms with Crippen LogP contribution in [0.2, 0.25) is 0 Å². The summed E-state index contributed by atoms with van der Waals surface area (Å²) in [6.07, 6.45) is 5.07. The molecule has 0 aliphatic carbocycles. The van der Waals surface area contributed by atoms with Crippen LogP contribution in [0.3, 0.4) is 0 Å². The molecule has 0 saturated carbocycles. The first kappa shape index (κ1) is 18.1. The molecule has 0 bridgehead atoms. The van der Waals surface area contributed by atoms with Crippen molar-refractivity contribution in [2.75, 3.05) is 49.6 Å². The van der Waals surface area contributed by atoms with Gasteiger partial charge in [0.25, 0.3) is 5.92 Å². The molecule has 2 aliphatic heterocycles. The highest BCUT2D eigenvalue weighted by Crippen LogP contribution is 2.31. The number of hydrogen-bond donors (Lipinski definition) is 0. The van der Waals surface area contributed by atoms with E-state index in [1.54, 1.807) is 6.20 Å². The molecule has 9 heteroatoms. The lowest BCUT2D eigenvalue weighted by Gasteiger charge is -2.45. The van der Waals surface area contributed by atoms with Crippen molar-refractivity contribution in [3.63, 3.8) is 0 Å². The maximum absolute atomic E-state index is 13.4. The zero-order valence-electron chi connectivity index (χ0n) is 15.5. The van der Waals surface area contributed by atoms with Crippen molar-refractivity contribution in [2.45, 2.75) is 31.4 Å². The first-order valence-corrected chi connectivity index (χ1v) is 9.38. The van der Waals surface area contributed by atoms with E-state index in [1.165, 1.54) is 6.33 Å². The maximum atomic E-state index is 13.4. The van der Waals surface area contributed by atoms with Gasteiger partial charge in [0.05, 0.1) is 6.54 Å². The number of alkyl halides is 2. The van der Waals surface area contributed by atoms with Gasteiger partial charge in [-0.15, -0.1) is 0 Å². The lowest BCUT2D eigenvalue weighted by molar-refractivity contribution is -0.0221. The first-order valence-electron chi connectivity index (χ1n) is 9.38. The van der Waals surface area contributed by atoms with Crippen LogP contribution in [0.4, 0.5) is 20.4 Å². The minimum absolute atomic E-state index is 0.112. The Morgan fingerprint density at radius 1 is 1.15 bits per heavy atom. The third-order valence-electron chi connectivity index (χ3n) is 5.51. The molecule has 2 aromatic rings. The highest BCUT2D eigenvalue weighted by Gasteiger charge is 2.35. The second-order valence-corrected chi connectivity index (χ2v) is 7.39. The van der Waals surface area contributed by atoms with Crippen molar-refractivity contribution in [3.05, 3.63) is 30.9 Å². The zero-order valence-corrected chi connectivity index (χ0v) is 15.5. The largest absolute Gasteiger partial charge is 0.356 e. The van der Waals surface area contributed by atoms with E-state index in [9.17, 15) is 8.78 Å². The smallest absolute Gasteiger partial charge is 0.251 e. The molecule has 7 nitrogen and oxygen atoms in total. The molecular weight excluding hydrogens is 352 g/mol. The Labute approximate surface area is 157 Å². The van der Waals surface area contributed by atoms with Crippen molar-refractivity contribution in [1.82, 2.24) is 24.6 Å². The van der Waals surface area contributed by atoms with E-state index < -0.39 is 5.92 Å². The summed E-state index contributed by atoms with van der Waals surface area (Å²) < 4.78 is 28.7. The van der Waals surface area contributed by atoms with Crippen LogP contribution in [0, 0.1) is 0 Å². The standard InChI is InChI=1S/C18H25F2N7/c1-24(9-10-27-6-2-5-23-27)15-12-26(13-15)17-11-16(21-14-22-17)25-7-3-18(19,20)4-8-25/h2,5-6,11,14-15H,3-4,7-10,12-13H2,1H3. The van der Waals surface area contributed by atoms with Crippen LogP contribution in [-0.4, -0.2) is 76.4 Å². The molecule has 0 N–H and O–H groups in total. The first-order chi connectivity index (χ1) is 13.0. The van der Waals surface area contributed by atoms with Crippen molar-refractivity contribution in [3.8, 4) is 0 Å². The Balaban J connectivity index is 1.29. The number of hydrogen-bond acceptors (Lipinski definition) is 6. The summed E-state index contributed by atoms with van der Waals surface area (Å²) in [5.74, 6) is -0.933. The monoisotopic (exact) mass is 377 g/mol. The van der Waals surface area contributed by atoms with Crippen LogP contribution in [0.1, 0.15) is 12.8 Å². The fourth-order valence-corrected chi connectivity index (χ4v) is 3.54. The van der Waals surface area contributed by atoms with E-state index in [0.717, 1.165) is 37.8 Å². The van der Waals surface area contributed by atoms with Gasteiger partial charge >= 0.3 is 0 Å². The Bertz CT molecular complexity index is 736. The third-order valence-corrected chi connectivity index (χ3v) is 5.51. The molecule has 4 rings (SSSR count). The van der Waals surface area contributed by atoms with Gasteiger partial charge in [0.2, 0.25) is 0 Å². The summed E-state index contributed by atoms with van der Waals surface area (Å²) in [7, 11) is 2.13. The molecular formula is C18H25F2N7. The Hall–Kier alpha value is -2.29. The third kappa shape index (κ3) is 4.18. The second kappa shape index (κ2) is 7.38. The summed E-state index contributed by atoms with van der Waals surface area (Å²) in [5.41, 5.74) is 0. The molecule has 0 amide bonds. The van der Waals surface area contributed by atoms with Crippen molar-refractivity contribution < 1.29 is 8.78 Å². The van der Waals surface area contributed by atoms with Gasteiger partial charge < -0.3 is 9.80 Å². The molecule has 27 heavy (non-hydrogen) atoms. The topological polar surface area (TPSA) is 53.3 Å². The fourth-order valence-electron chi connectivity index (χ4n) is 3.54. The Kier molecular flexibility index (Phi) is 4.94. The van der Waals surface area contributed by atoms with E-state index in [0.29, 0.717) is 19.1 Å². The van der Waals surface area contributed by atoms with E-state index in [4.69, 9.17) is 0 Å². The van der Waals surface area contributed by atoms with Gasteiger partial charge in [-0.2, -0.15) is 5.10 Å². The molecule has 0 unspecified atom stereocenters. The van der Waals surface area contributed by atoms with Gasteiger partial charge in [-0.25, -0.2) is 18.7 Å². The Morgan fingerprint density at radius 2 is 1.85 bits per heavy atom. The fraction of sp³-hybridized carbons (Fsp3) is 0.611. The number of nitrogens with zero attached hydrogens (tertiary/aromatic N) is 7. The van der Waals surface area contributed by atoms with E-state index in [2.05, 4.69) is 31.9 Å². The molecule has 0 spiro atoms. The summed E-state index contributed by atoms with van der Waals surface area (Å²) in [4.78, 5) is 15.1. The van der Waals surface area contributed by atoms with E-state index >= 15 is 0 Å². The number of piperidine rings is 1. The van der Waals surface area contributed by atoms with Gasteiger partial charge in [-0.1, -0.05) is 0 Å². The average molecular weight is 377 g/mol. The van der Waals surface area contributed by atoms with Crippen molar-refractivity contribution in [2.24, 2.45) is 0 Å². The van der Waals surface area contributed by atoms with Crippen LogP contribution in [-0.2, 0) is 6.54 Å². The molecule has 0 aromatic carbocycles. The lowest BCUT2D eigenvalue weighted by Crippen LogP contribution is -2.59. The molecule has 2 aliphatic rings. The van der Waals surface area contributed by atoms with E-state index in [1.807, 2.05) is 27.9 Å². The number of likely N-dealkylation sites (N-methyl/N-ethyl adjacent to an activating group) is 1. The van der Waals surface area contributed by atoms with Crippen LogP contribution in [0.15, 0.2) is 30.9 Å². The van der Waals surface area contributed by atoms with E-state index in [-0.39, 0.29) is 12.8 Å². The number of aromatic nitrogens is 4. The summed E-state index contributed by atoms with van der Waals surface area (Å²) >= 11 is 0. The highest BCUT2D eigenvalue weighted by molar-refractivity contribution is 5.52. The summed E-state index contributed by atoms with van der Waals surface area (Å²) in [6, 6.07) is 4.33. The number of halogens is 2. The van der Waals surface area contributed by atoms with Gasteiger partial charge in [-0.05, 0) is 13.1 Å². The minimum Gasteiger partial charge on any atom is -0.356 e. The second-order valence-electron chi connectivity index (χ2n) is 7.39. The van der Waals surface area contributed by atoms with Crippen LogP contribution in [0.5, 0.6) is 0 Å². The predicted molar refractivity (Wildman–Crippen MR) is 99.3 cm³/mol. The minimum atomic E-state index is -2.54. The van der Waals surface area contributed by atoms with Crippen LogP contribution in [0.25, 0.3) is 0 Å². The van der Waals surface area contributed by atoms with Crippen LogP contribution < -0.4 is 9.80 Å². The number of anilines is 2. The van der Waals surface area contributed by atoms with Gasteiger partial charge in [0.1, 0.15) is 18.0 Å². The summed E-state index contributed by atoms with van der Waals surface area (Å²) in [6.45, 7) is 4.30. The molecule has 0 radical (unpaired) electrons. The zero-order chi connectivity index (χ0) is 18.9. The van der Waals surface area contributed by atoms with Crippen molar-refractivity contribution in [1.29, 1.82) is 0 Å². The van der Waals surface area contributed by atoms with Crippen LogP contribution >= 0.6 is 0 Å². The average Bonchev–Trinajstić information content (AvgIpc) is 3.12. The van der Waals surface area contributed by atoms with Gasteiger partial charge in [-0.3, -0.25) is 9.58 Å². The maximum Gasteiger partial charge on any atom is 0.251 e. The molecule has 2 saturated heterocycles. The highest BCUT2D eigenvalue weighted by atomic mass is 19.3. The predicted octanol–water partition coefficient (Wildman–Crippen LogP) is 1.73. The molecule has 2 aromatic heterocycles. The van der Waals surface area contributed by atoms with Gasteiger partial charge in [0, 0.05) is 70.1 Å². The summed E-state index contributed by atoms with van der Waals surface area (Å²) in [5, 5.41) is 4.23. The molecule has 2 fully saturated rings. The van der Waals surface area contributed by atoms with Gasteiger partial charge in [0.15, 0.2) is 0 Å². The molecule has 0 atom stereocenters. The SMILES string of the molecule is CN(CCn1cccn1)C1CN(c2cc(N3CCC(F)(F)CC3)ncn2)C1. The molecule has 4 heterocycles. The Morgan fingerprint density at radius 3 is 2.52 bits per heavy atom. The lowest BCUT2D eigenvalue weighted by atomic mass is 10.1.